The molecule has 0 N–H and O–H groups in total. The Labute approximate surface area is 139 Å². The molecule has 126 valence electrons. The molecule has 0 saturated carbocycles. The van der Waals surface area contributed by atoms with Gasteiger partial charge in [0.25, 0.3) is 0 Å². The lowest BCUT2D eigenvalue weighted by atomic mass is 10.1. The minimum atomic E-state index is -0.0129. The van der Waals surface area contributed by atoms with E-state index in [9.17, 15) is 9.59 Å². The summed E-state index contributed by atoms with van der Waals surface area (Å²) in [5.41, 5.74) is 1.25. The molecule has 0 atom stereocenters. The third-order valence-electron chi connectivity index (χ3n) is 4.38. The van der Waals surface area contributed by atoms with Crippen molar-refractivity contribution in [2.75, 3.05) is 19.6 Å². The molecular weight excluding hydrogens is 288 g/mol. The van der Waals surface area contributed by atoms with Crippen LogP contribution in [0, 0.1) is 0 Å². The van der Waals surface area contributed by atoms with Gasteiger partial charge in [0.2, 0.25) is 11.8 Å². The molecule has 4 nitrogen and oxygen atoms in total. The molecule has 1 aliphatic heterocycles. The molecule has 2 rings (SSSR count). The van der Waals surface area contributed by atoms with Crippen LogP contribution >= 0.6 is 0 Å². The third kappa shape index (κ3) is 5.79. The molecule has 1 fully saturated rings. The molecule has 4 heteroatoms. The molecular formula is C19H28N2O2. The molecule has 1 heterocycles. The second kappa shape index (κ2) is 9.46. The predicted molar refractivity (Wildman–Crippen MR) is 91.8 cm³/mol. The second-order valence-corrected chi connectivity index (χ2v) is 6.26. The van der Waals surface area contributed by atoms with E-state index in [2.05, 4.69) is 24.0 Å². The highest BCUT2D eigenvalue weighted by atomic mass is 16.2. The Balaban J connectivity index is 1.83. The minimum Gasteiger partial charge on any atom is -0.297 e. The van der Waals surface area contributed by atoms with Crippen molar-refractivity contribution >= 4 is 11.8 Å². The van der Waals surface area contributed by atoms with Crippen molar-refractivity contribution in [3.63, 3.8) is 0 Å². The standard InChI is InChI=1S/C19H28N2O2/c1-2-3-4-8-11-18(22)21-15-14-20(13-12-19(21)23)16-17-9-6-5-7-10-17/h5-7,9-10H,2-4,8,11-16H2,1H3. The number of hydrogen-bond donors (Lipinski definition) is 0. The number of imide groups is 1. The lowest BCUT2D eigenvalue weighted by Gasteiger charge is -2.21. The Kier molecular flexibility index (Phi) is 7.27. The summed E-state index contributed by atoms with van der Waals surface area (Å²) < 4.78 is 0. The number of carbonyl (C=O) groups excluding carboxylic acids is 2. The van der Waals surface area contributed by atoms with Crippen LogP contribution in [-0.2, 0) is 16.1 Å². The van der Waals surface area contributed by atoms with Crippen molar-refractivity contribution in [1.82, 2.24) is 9.80 Å². The number of unbranched alkanes of at least 4 members (excludes halogenated alkanes) is 3. The molecule has 0 spiro atoms. The van der Waals surface area contributed by atoms with Gasteiger partial charge in [-0.05, 0) is 12.0 Å². The summed E-state index contributed by atoms with van der Waals surface area (Å²) in [6.45, 7) is 5.01. The zero-order chi connectivity index (χ0) is 16.5. The van der Waals surface area contributed by atoms with Crippen molar-refractivity contribution in [2.24, 2.45) is 0 Å². The fourth-order valence-electron chi connectivity index (χ4n) is 2.97. The normalized spacial score (nSPS) is 16.4. The smallest absolute Gasteiger partial charge is 0.230 e. The van der Waals surface area contributed by atoms with Gasteiger partial charge in [-0.1, -0.05) is 56.5 Å². The van der Waals surface area contributed by atoms with Crippen LogP contribution in [0.25, 0.3) is 0 Å². The van der Waals surface area contributed by atoms with Crippen molar-refractivity contribution < 1.29 is 9.59 Å². The topological polar surface area (TPSA) is 40.6 Å². The zero-order valence-corrected chi connectivity index (χ0v) is 14.2. The van der Waals surface area contributed by atoms with Crippen LogP contribution in [0.15, 0.2) is 30.3 Å². The summed E-state index contributed by atoms with van der Waals surface area (Å²) >= 11 is 0. The van der Waals surface area contributed by atoms with Gasteiger partial charge in [0, 0.05) is 39.0 Å². The monoisotopic (exact) mass is 316 g/mol. The maximum absolute atomic E-state index is 12.3. The Bertz CT molecular complexity index is 501. The van der Waals surface area contributed by atoms with E-state index in [1.165, 1.54) is 10.5 Å². The van der Waals surface area contributed by atoms with Gasteiger partial charge >= 0.3 is 0 Å². The van der Waals surface area contributed by atoms with Gasteiger partial charge in [-0.3, -0.25) is 19.4 Å². The first-order valence-electron chi connectivity index (χ1n) is 8.80. The van der Waals surface area contributed by atoms with Crippen LogP contribution in [-0.4, -0.2) is 41.2 Å². The summed E-state index contributed by atoms with van der Waals surface area (Å²) in [7, 11) is 0. The molecule has 0 unspecified atom stereocenters. The summed E-state index contributed by atoms with van der Waals surface area (Å²) in [6, 6.07) is 10.3. The molecule has 1 aliphatic rings. The summed E-state index contributed by atoms with van der Waals surface area (Å²) in [4.78, 5) is 28.2. The molecule has 2 amide bonds. The van der Waals surface area contributed by atoms with E-state index in [-0.39, 0.29) is 11.8 Å². The Hall–Kier alpha value is -1.68. The molecule has 0 aromatic heterocycles. The van der Waals surface area contributed by atoms with Crippen molar-refractivity contribution in [2.45, 2.75) is 52.0 Å². The van der Waals surface area contributed by atoms with Crippen molar-refractivity contribution in [3.05, 3.63) is 35.9 Å². The highest BCUT2D eigenvalue weighted by Crippen LogP contribution is 2.12. The fraction of sp³-hybridized carbons (Fsp3) is 0.579. The molecule has 1 aromatic rings. The molecule has 1 aromatic carbocycles. The summed E-state index contributed by atoms with van der Waals surface area (Å²) in [5.74, 6) is -0.00582. The summed E-state index contributed by atoms with van der Waals surface area (Å²) in [5, 5.41) is 0. The van der Waals surface area contributed by atoms with Crippen LogP contribution in [0.3, 0.4) is 0 Å². The molecule has 0 aliphatic carbocycles. The largest absolute Gasteiger partial charge is 0.297 e. The van der Waals surface area contributed by atoms with E-state index in [0.29, 0.717) is 19.4 Å². The van der Waals surface area contributed by atoms with Crippen molar-refractivity contribution in [3.8, 4) is 0 Å². The lowest BCUT2D eigenvalue weighted by molar-refractivity contribution is -0.144. The van der Waals surface area contributed by atoms with E-state index in [4.69, 9.17) is 0 Å². The Morgan fingerprint density at radius 1 is 1.04 bits per heavy atom. The number of nitrogens with zero attached hydrogens (tertiary/aromatic N) is 2. The third-order valence-corrected chi connectivity index (χ3v) is 4.38. The number of benzene rings is 1. The quantitative estimate of drug-likeness (QED) is 0.725. The number of carbonyl (C=O) groups is 2. The predicted octanol–water partition coefficient (Wildman–Crippen LogP) is 3.22. The molecule has 0 radical (unpaired) electrons. The maximum atomic E-state index is 12.3. The van der Waals surface area contributed by atoms with Gasteiger partial charge in [-0.15, -0.1) is 0 Å². The van der Waals surface area contributed by atoms with E-state index in [1.807, 2.05) is 18.2 Å². The summed E-state index contributed by atoms with van der Waals surface area (Å²) in [6.07, 6.45) is 5.23. The fourth-order valence-corrected chi connectivity index (χ4v) is 2.97. The average Bonchev–Trinajstić information content (AvgIpc) is 2.74. The average molecular weight is 316 g/mol. The molecule has 1 saturated heterocycles. The van der Waals surface area contributed by atoms with E-state index < -0.39 is 0 Å². The van der Waals surface area contributed by atoms with Gasteiger partial charge < -0.3 is 0 Å². The number of rotatable bonds is 7. The first kappa shape index (κ1) is 17.7. The molecule has 23 heavy (non-hydrogen) atoms. The first-order chi connectivity index (χ1) is 11.2. The van der Waals surface area contributed by atoms with Crippen LogP contribution in [0.1, 0.15) is 51.0 Å². The van der Waals surface area contributed by atoms with Gasteiger partial charge in [-0.25, -0.2) is 0 Å². The van der Waals surface area contributed by atoms with Gasteiger partial charge in [-0.2, -0.15) is 0 Å². The highest BCUT2D eigenvalue weighted by molar-refractivity contribution is 5.95. The van der Waals surface area contributed by atoms with Gasteiger partial charge in [0.05, 0.1) is 0 Å². The van der Waals surface area contributed by atoms with E-state index in [1.54, 1.807) is 0 Å². The van der Waals surface area contributed by atoms with E-state index >= 15 is 0 Å². The maximum Gasteiger partial charge on any atom is 0.230 e. The first-order valence-corrected chi connectivity index (χ1v) is 8.80. The number of hydrogen-bond acceptors (Lipinski definition) is 3. The van der Waals surface area contributed by atoms with Crippen LogP contribution < -0.4 is 0 Å². The number of amides is 2. The van der Waals surface area contributed by atoms with Gasteiger partial charge in [0.15, 0.2) is 0 Å². The van der Waals surface area contributed by atoms with Crippen molar-refractivity contribution in [1.29, 1.82) is 0 Å². The minimum absolute atomic E-state index is 0.00710. The SMILES string of the molecule is CCCCCCC(=O)N1CCN(Cc2ccccc2)CCC1=O. The van der Waals surface area contributed by atoms with Crippen LogP contribution in [0.5, 0.6) is 0 Å². The molecule has 0 bridgehead atoms. The highest BCUT2D eigenvalue weighted by Gasteiger charge is 2.25. The van der Waals surface area contributed by atoms with Crippen LogP contribution in [0.4, 0.5) is 0 Å². The van der Waals surface area contributed by atoms with Gasteiger partial charge in [0.1, 0.15) is 0 Å². The Morgan fingerprint density at radius 2 is 1.83 bits per heavy atom. The Morgan fingerprint density at radius 3 is 2.57 bits per heavy atom. The zero-order valence-electron chi connectivity index (χ0n) is 14.2. The van der Waals surface area contributed by atoms with Crippen LogP contribution in [0.2, 0.25) is 0 Å². The lowest BCUT2D eigenvalue weighted by Crippen LogP contribution is -2.38. The second-order valence-electron chi connectivity index (χ2n) is 6.26. The van der Waals surface area contributed by atoms with E-state index in [0.717, 1.165) is 45.3 Å².